The predicted octanol–water partition coefficient (Wildman–Crippen LogP) is 0.539. The third-order valence-corrected chi connectivity index (χ3v) is 3.11. The summed E-state index contributed by atoms with van der Waals surface area (Å²) < 4.78 is 5.69. The Balaban J connectivity index is 2.73. The van der Waals surface area contributed by atoms with Gasteiger partial charge in [0.25, 0.3) is 0 Å². The van der Waals surface area contributed by atoms with Crippen molar-refractivity contribution in [2.45, 2.75) is 64.6 Å². The molecule has 0 aromatic heterocycles. The zero-order valence-corrected chi connectivity index (χ0v) is 10.5. The Morgan fingerprint density at radius 2 is 1.50 bits per heavy atom. The lowest BCUT2D eigenvalue weighted by Crippen LogP contribution is -2.59. The van der Waals surface area contributed by atoms with Gasteiger partial charge in [-0.3, -0.25) is 0 Å². The molecule has 3 unspecified atom stereocenters. The molecule has 0 aromatic rings. The fourth-order valence-electron chi connectivity index (χ4n) is 2.19. The fourth-order valence-corrected chi connectivity index (χ4v) is 2.19. The van der Waals surface area contributed by atoms with E-state index in [9.17, 15) is 15.3 Å². The molecule has 0 saturated carbocycles. The molecule has 1 saturated heterocycles. The molecule has 0 aromatic carbocycles. The average molecular weight is 232 g/mol. The van der Waals surface area contributed by atoms with Crippen molar-refractivity contribution in [1.82, 2.24) is 0 Å². The zero-order valence-electron chi connectivity index (χ0n) is 10.5. The second kappa shape index (κ2) is 5.45. The van der Waals surface area contributed by atoms with Gasteiger partial charge in [-0.25, -0.2) is 0 Å². The van der Waals surface area contributed by atoms with E-state index in [-0.39, 0.29) is 12.0 Å². The van der Waals surface area contributed by atoms with Crippen LogP contribution >= 0.6 is 0 Å². The van der Waals surface area contributed by atoms with E-state index in [1.54, 1.807) is 0 Å². The van der Waals surface area contributed by atoms with Crippen LogP contribution in [0.3, 0.4) is 0 Å². The SMILES string of the molecule is CC(C)CC1O[C@@H](C(C)C)C(O)C(O)[C@H]1O. The van der Waals surface area contributed by atoms with Crippen molar-refractivity contribution in [2.24, 2.45) is 11.8 Å². The Morgan fingerprint density at radius 1 is 0.938 bits per heavy atom. The van der Waals surface area contributed by atoms with Crippen LogP contribution in [-0.4, -0.2) is 45.8 Å². The summed E-state index contributed by atoms with van der Waals surface area (Å²) in [6, 6.07) is 0. The fraction of sp³-hybridized carbons (Fsp3) is 1.00. The van der Waals surface area contributed by atoms with Crippen molar-refractivity contribution in [3.8, 4) is 0 Å². The molecule has 5 atom stereocenters. The van der Waals surface area contributed by atoms with Gasteiger partial charge >= 0.3 is 0 Å². The number of hydrogen-bond acceptors (Lipinski definition) is 4. The smallest absolute Gasteiger partial charge is 0.111 e. The third kappa shape index (κ3) is 2.94. The molecule has 1 aliphatic rings. The van der Waals surface area contributed by atoms with E-state index in [1.807, 2.05) is 27.7 Å². The number of aliphatic hydroxyl groups is 3. The van der Waals surface area contributed by atoms with Crippen LogP contribution < -0.4 is 0 Å². The van der Waals surface area contributed by atoms with Crippen LogP contribution in [0.4, 0.5) is 0 Å². The summed E-state index contributed by atoms with van der Waals surface area (Å²) in [7, 11) is 0. The molecular weight excluding hydrogens is 208 g/mol. The van der Waals surface area contributed by atoms with E-state index >= 15 is 0 Å². The predicted molar refractivity (Wildman–Crippen MR) is 61.0 cm³/mol. The van der Waals surface area contributed by atoms with Gasteiger partial charge in [-0.05, 0) is 18.3 Å². The van der Waals surface area contributed by atoms with Gasteiger partial charge < -0.3 is 20.1 Å². The molecule has 1 aliphatic heterocycles. The molecule has 1 heterocycles. The monoisotopic (exact) mass is 232 g/mol. The number of rotatable bonds is 3. The highest BCUT2D eigenvalue weighted by Crippen LogP contribution is 2.28. The summed E-state index contributed by atoms with van der Waals surface area (Å²) in [5.41, 5.74) is 0. The maximum atomic E-state index is 9.82. The minimum absolute atomic E-state index is 0.117. The van der Waals surface area contributed by atoms with Gasteiger partial charge in [0.15, 0.2) is 0 Å². The van der Waals surface area contributed by atoms with Crippen LogP contribution in [0.15, 0.2) is 0 Å². The van der Waals surface area contributed by atoms with Gasteiger partial charge in [0.1, 0.15) is 18.3 Å². The van der Waals surface area contributed by atoms with Gasteiger partial charge in [-0.2, -0.15) is 0 Å². The molecule has 0 aliphatic carbocycles. The zero-order chi connectivity index (χ0) is 12.5. The summed E-state index contributed by atoms with van der Waals surface area (Å²) in [6.07, 6.45) is -3.20. The lowest BCUT2D eigenvalue weighted by atomic mass is 9.87. The first-order valence-corrected chi connectivity index (χ1v) is 6.04. The molecule has 0 spiro atoms. The van der Waals surface area contributed by atoms with E-state index < -0.39 is 24.4 Å². The summed E-state index contributed by atoms with van der Waals surface area (Å²) in [5.74, 6) is 0.502. The molecule has 1 fully saturated rings. The van der Waals surface area contributed by atoms with Crippen LogP contribution in [-0.2, 0) is 4.74 Å². The van der Waals surface area contributed by atoms with Crippen molar-refractivity contribution in [3.05, 3.63) is 0 Å². The Hall–Kier alpha value is -0.160. The summed E-state index contributed by atoms with van der Waals surface area (Å²) in [5, 5.41) is 29.4. The van der Waals surface area contributed by atoms with E-state index in [2.05, 4.69) is 0 Å². The van der Waals surface area contributed by atoms with Crippen LogP contribution in [0.1, 0.15) is 34.1 Å². The van der Waals surface area contributed by atoms with Crippen molar-refractivity contribution < 1.29 is 20.1 Å². The molecule has 4 nitrogen and oxygen atoms in total. The van der Waals surface area contributed by atoms with E-state index in [4.69, 9.17) is 4.74 Å². The van der Waals surface area contributed by atoms with Crippen LogP contribution in [0, 0.1) is 11.8 Å². The molecule has 96 valence electrons. The minimum Gasteiger partial charge on any atom is -0.388 e. The Kier molecular flexibility index (Phi) is 4.73. The molecule has 16 heavy (non-hydrogen) atoms. The van der Waals surface area contributed by atoms with Gasteiger partial charge in [-0.15, -0.1) is 0 Å². The highest BCUT2D eigenvalue weighted by molar-refractivity contribution is 4.93. The highest BCUT2D eigenvalue weighted by atomic mass is 16.5. The topological polar surface area (TPSA) is 69.9 Å². The third-order valence-electron chi connectivity index (χ3n) is 3.11. The maximum absolute atomic E-state index is 9.82. The standard InChI is InChI=1S/C12H24O4/c1-6(2)5-8-9(13)10(14)11(15)12(16-8)7(3)4/h6-15H,5H2,1-4H3/t8?,9-,10?,11?,12-/m0/s1. The first-order chi connectivity index (χ1) is 7.34. The second-order valence-corrected chi connectivity index (χ2v) is 5.48. The van der Waals surface area contributed by atoms with Crippen molar-refractivity contribution in [3.63, 3.8) is 0 Å². The Bertz CT molecular complexity index is 215. The Labute approximate surface area is 97.2 Å². The molecule has 0 bridgehead atoms. The molecule has 0 radical (unpaired) electrons. The van der Waals surface area contributed by atoms with Gasteiger partial charge in [0.2, 0.25) is 0 Å². The number of ether oxygens (including phenoxy) is 1. The molecule has 3 N–H and O–H groups in total. The quantitative estimate of drug-likeness (QED) is 0.664. The van der Waals surface area contributed by atoms with Crippen LogP contribution in [0.5, 0.6) is 0 Å². The molecule has 1 rings (SSSR count). The van der Waals surface area contributed by atoms with Gasteiger partial charge in [0, 0.05) is 0 Å². The van der Waals surface area contributed by atoms with Crippen LogP contribution in [0.25, 0.3) is 0 Å². The maximum Gasteiger partial charge on any atom is 0.111 e. The largest absolute Gasteiger partial charge is 0.388 e. The summed E-state index contributed by atoms with van der Waals surface area (Å²) in [4.78, 5) is 0. The first kappa shape index (κ1) is 13.9. The van der Waals surface area contributed by atoms with Crippen molar-refractivity contribution in [2.75, 3.05) is 0 Å². The van der Waals surface area contributed by atoms with E-state index in [0.717, 1.165) is 0 Å². The molecule has 0 amide bonds. The van der Waals surface area contributed by atoms with E-state index in [0.29, 0.717) is 12.3 Å². The average Bonchev–Trinajstić information content (AvgIpc) is 2.18. The van der Waals surface area contributed by atoms with Crippen LogP contribution in [0.2, 0.25) is 0 Å². The Morgan fingerprint density at radius 3 is 1.94 bits per heavy atom. The lowest BCUT2D eigenvalue weighted by Gasteiger charge is -2.43. The number of hydrogen-bond donors (Lipinski definition) is 3. The van der Waals surface area contributed by atoms with Crippen molar-refractivity contribution in [1.29, 1.82) is 0 Å². The molecular formula is C12H24O4. The summed E-state index contributed by atoms with van der Waals surface area (Å²) >= 11 is 0. The highest BCUT2D eigenvalue weighted by Gasteiger charge is 2.44. The minimum atomic E-state index is -1.11. The summed E-state index contributed by atoms with van der Waals surface area (Å²) in [6.45, 7) is 7.95. The van der Waals surface area contributed by atoms with Gasteiger partial charge in [-0.1, -0.05) is 27.7 Å². The van der Waals surface area contributed by atoms with Gasteiger partial charge in [0.05, 0.1) is 12.2 Å². The normalized spacial score (nSPS) is 40.7. The molecule has 4 heteroatoms. The van der Waals surface area contributed by atoms with E-state index in [1.165, 1.54) is 0 Å². The number of aliphatic hydroxyl groups excluding tert-OH is 3. The lowest BCUT2D eigenvalue weighted by molar-refractivity contribution is -0.234. The van der Waals surface area contributed by atoms with Crippen molar-refractivity contribution >= 4 is 0 Å². The second-order valence-electron chi connectivity index (χ2n) is 5.48. The first-order valence-electron chi connectivity index (χ1n) is 6.04.